The molecule has 1 amide bonds. The summed E-state index contributed by atoms with van der Waals surface area (Å²) >= 11 is 0. The fraction of sp³-hybridized carbons (Fsp3) is 0.452. The van der Waals surface area contributed by atoms with Gasteiger partial charge in [0.2, 0.25) is 5.78 Å². The van der Waals surface area contributed by atoms with E-state index in [0.29, 0.717) is 71.1 Å². The highest BCUT2D eigenvalue weighted by Gasteiger charge is 2.46. The van der Waals surface area contributed by atoms with E-state index in [2.05, 4.69) is 5.32 Å². The summed E-state index contributed by atoms with van der Waals surface area (Å²) < 4.78 is 21.7. The predicted molar refractivity (Wildman–Crippen MR) is 149 cm³/mol. The number of aromatic nitrogens is 2. The first-order chi connectivity index (χ1) is 20.1. The predicted octanol–water partition coefficient (Wildman–Crippen LogP) is 2.75. The number of hydrogen-bond donors (Lipinski definition) is 3. The molecule has 2 atom stereocenters. The van der Waals surface area contributed by atoms with E-state index in [-0.39, 0.29) is 43.7 Å². The van der Waals surface area contributed by atoms with E-state index < -0.39 is 40.7 Å². The second kappa shape index (κ2) is 10.4. The molecule has 4 heterocycles. The van der Waals surface area contributed by atoms with Crippen LogP contribution in [0.2, 0.25) is 0 Å². The minimum Gasteiger partial charge on any atom is -0.458 e. The Labute approximate surface area is 240 Å². The molecule has 220 valence electrons. The van der Waals surface area contributed by atoms with E-state index >= 15 is 4.39 Å². The molecule has 3 aliphatic rings. The summed E-state index contributed by atoms with van der Waals surface area (Å²) in [6.07, 6.45) is 2.64. The Bertz CT molecular complexity index is 1750. The second-order valence-electron chi connectivity index (χ2n) is 11.3. The number of carbonyl (C=O) groups is 3. The molecule has 2 aliphatic heterocycles. The van der Waals surface area contributed by atoms with E-state index in [1.807, 2.05) is 0 Å². The van der Waals surface area contributed by atoms with E-state index in [4.69, 9.17) is 14.8 Å². The lowest BCUT2D eigenvalue weighted by molar-refractivity contribution is -0.172. The Balaban J connectivity index is 1.49. The number of carbonyl (C=O) groups excluding carboxylic acids is 3. The van der Waals surface area contributed by atoms with E-state index in [0.717, 1.165) is 5.56 Å². The van der Waals surface area contributed by atoms with Crippen LogP contribution in [0.3, 0.4) is 0 Å². The molecule has 1 aliphatic carbocycles. The highest BCUT2D eigenvalue weighted by atomic mass is 19.1. The number of halogens is 1. The average Bonchev–Trinajstić information content (AvgIpc) is 3.35. The molecule has 0 fully saturated rings. The summed E-state index contributed by atoms with van der Waals surface area (Å²) in [7, 11) is 0. The topological polar surface area (TPSA) is 148 Å². The van der Waals surface area contributed by atoms with Gasteiger partial charge >= 0.3 is 5.97 Å². The molecule has 2 aromatic heterocycles. The number of unbranched alkanes of at least 4 members (excludes halogenated alkanes) is 2. The van der Waals surface area contributed by atoms with Crippen molar-refractivity contribution >= 4 is 28.6 Å². The molecule has 3 aromatic rings. The summed E-state index contributed by atoms with van der Waals surface area (Å²) in [4.78, 5) is 56.7. The van der Waals surface area contributed by atoms with Gasteiger partial charge in [-0.25, -0.2) is 14.2 Å². The minimum atomic E-state index is -1.99. The number of aryl methyl sites for hydroxylation is 1. The van der Waals surface area contributed by atoms with Crippen molar-refractivity contribution in [3.05, 3.63) is 61.7 Å². The zero-order valence-corrected chi connectivity index (χ0v) is 23.5. The average molecular weight is 578 g/mol. The minimum absolute atomic E-state index is 0.000957. The van der Waals surface area contributed by atoms with Crippen molar-refractivity contribution in [2.24, 2.45) is 0 Å². The summed E-state index contributed by atoms with van der Waals surface area (Å²) in [5.41, 5.74) is 1.73. The standard InChI is InChI=1S/C31H32FN3O7/c1-3-31(41)19-11-23-27-17(13-35(23)29(39)18(19)14-42-30(31)40)26-21(34-28(38)24(37)7-5-4-6-10-36)9-8-16-15(2)20(32)12-22(33-27)25(16)26/h11-12,21,36,41H,3-10,13-14H2,1-2H3,(H,34,38)/t21-,31-/m0/s1. The van der Waals surface area contributed by atoms with Gasteiger partial charge < -0.3 is 24.8 Å². The third-order valence-corrected chi connectivity index (χ3v) is 9.00. The summed E-state index contributed by atoms with van der Waals surface area (Å²) in [6.45, 7) is 3.21. The SMILES string of the molecule is CC[C@@]1(O)C(=O)OCc2c1cc1n(c2=O)Cc2c-1nc1cc(F)c(C)c3c1c2[C@@H](NC(=O)C(=O)CCCCCO)CC3. The van der Waals surface area contributed by atoms with Gasteiger partial charge in [0.25, 0.3) is 11.5 Å². The monoisotopic (exact) mass is 577 g/mol. The maximum Gasteiger partial charge on any atom is 0.343 e. The van der Waals surface area contributed by atoms with Crippen molar-refractivity contribution in [3.8, 4) is 11.4 Å². The number of esters is 1. The van der Waals surface area contributed by atoms with Crippen molar-refractivity contribution < 1.29 is 33.7 Å². The maximum absolute atomic E-state index is 15.1. The molecule has 0 saturated heterocycles. The second-order valence-corrected chi connectivity index (χ2v) is 11.3. The first-order valence-electron chi connectivity index (χ1n) is 14.4. The van der Waals surface area contributed by atoms with Crippen LogP contribution in [0.5, 0.6) is 0 Å². The van der Waals surface area contributed by atoms with Gasteiger partial charge in [-0.1, -0.05) is 13.3 Å². The van der Waals surface area contributed by atoms with Gasteiger partial charge in [0.15, 0.2) is 5.60 Å². The molecule has 6 rings (SSSR count). The number of fused-ring (bicyclic) bond motifs is 5. The Morgan fingerprint density at radius 2 is 1.98 bits per heavy atom. The molecular weight excluding hydrogens is 545 g/mol. The third kappa shape index (κ3) is 4.17. The number of amides is 1. The third-order valence-electron chi connectivity index (χ3n) is 9.00. The fourth-order valence-corrected chi connectivity index (χ4v) is 6.63. The van der Waals surface area contributed by atoms with Gasteiger partial charge in [-0.15, -0.1) is 0 Å². The van der Waals surface area contributed by atoms with E-state index in [9.17, 15) is 24.3 Å². The molecule has 0 radical (unpaired) electrons. The lowest BCUT2D eigenvalue weighted by Crippen LogP contribution is -2.44. The number of pyridine rings is 2. The van der Waals surface area contributed by atoms with Crippen LogP contribution in [0.15, 0.2) is 16.9 Å². The number of aliphatic hydroxyl groups excluding tert-OH is 1. The summed E-state index contributed by atoms with van der Waals surface area (Å²) in [5.74, 6) is -2.50. The van der Waals surface area contributed by atoms with Gasteiger partial charge in [0, 0.05) is 35.6 Å². The molecular formula is C31H32FN3O7. The number of hydrogen-bond acceptors (Lipinski definition) is 8. The number of Topliss-reactive ketones (excluding diaryl/α,β-unsaturated/α-hetero) is 1. The van der Waals surface area contributed by atoms with Gasteiger partial charge in [-0.3, -0.25) is 14.4 Å². The Morgan fingerprint density at radius 1 is 1.19 bits per heavy atom. The zero-order valence-electron chi connectivity index (χ0n) is 23.5. The normalized spacial score (nSPS) is 20.1. The van der Waals surface area contributed by atoms with Crippen LogP contribution < -0.4 is 10.9 Å². The van der Waals surface area contributed by atoms with Gasteiger partial charge in [0.1, 0.15) is 12.4 Å². The van der Waals surface area contributed by atoms with Crippen LogP contribution in [0.1, 0.15) is 84.9 Å². The van der Waals surface area contributed by atoms with Crippen molar-refractivity contribution in [2.75, 3.05) is 6.61 Å². The van der Waals surface area contributed by atoms with Gasteiger partial charge in [-0.2, -0.15) is 0 Å². The lowest BCUT2D eigenvalue weighted by atomic mass is 9.81. The summed E-state index contributed by atoms with van der Waals surface area (Å²) in [5, 5.41) is 23.8. The van der Waals surface area contributed by atoms with Crippen molar-refractivity contribution in [3.63, 3.8) is 0 Å². The lowest BCUT2D eigenvalue weighted by Gasteiger charge is -2.31. The zero-order chi connectivity index (χ0) is 29.9. The number of ketones is 1. The largest absolute Gasteiger partial charge is 0.458 e. The van der Waals surface area contributed by atoms with E-state index in [1.54, 1.807) is 19.9 Å². The Kier molecular flexibility index (Phi) is 6.97. The Hall–Kier alpha value is -3.96. The van der Waals surface area contributed by atoms with Crippen LogP contribution in [0.4, 0.5) is 4.39 Å². The summed E-state index contributed by atoms with van der Waals surface area (Å²) in [6, 6.07) is 2.36. The van der Waals surface area contributed by atoms with Crippen LogP contribution in [-0.2, 0) is 44.3 Å². The molecule has 0 spiro atoms. The fourth-order valence-electron chi connectivity index (χ4n) is 6.63. The quantitative estimate of drug-likeness (QED) is 0.165. The van der Waals surface area contributed by atoms with Gasteiger partial charge in [0.05, 0.1) is 35.1 Å². The molecule has 10 nitrogen and oxygen atoms in total. The molecule has 3 N–H and O–H groups in total. The molecule has 42 heavy (non-hydrogen) atoms. The van der Waals surface area contributed by atoms with Crippen molar-refractivity contribution in [2.45, 2.75) is 83.6 Å². The van der Waals surface area contributed by atoms with Crippen molar-refractivity contribution in [1.29, 1.82) is 0 Å². The highest BCUT2D eigenvalue weighted by molar-refractivity contribution is 6.36. The molecule has 11 heteroatoms. The van der Waals surface area contributed by atoms with Crippen molar-refractivity contribution in [1.82, 2.24) is 14.9 Å². The van der Waals surface area contributed by atoms with Crippen LogP contribution >= 0.6 is 0 Å². The molecule has 0 saturated carbocycles. The Morgan fingerprint density at radius 3 is 2.71 bits per heavy atom. The van der Waals surface area contributed by atoms with Crippen LogP contribution in [0.25, 0.3) is 22.3 Å². The molecule has 0 unspecified atom stereocenters. The number of ether oxygens (including phenoxy) is 1. The van der Waals surface area contributed by atoms with Gasteiger partial charge in [-0.05, 0) is 61.8 Å². The van der Waals surface area contributed by atoms with Crippen LogP contribution in [-0.4, -0.2) is 44.0 Å². The number of benzene rings is 1. The molecule has 0 bridgehead atoms. The number of cyclic esters (lactones) is 1. The first kappa shape index (κ1) is 28.2. The maximum atomic E-state index is 15.1. The number of nitrogens with zero attached hydrogens (tertiary/aromatic N) is 2. The number of rotatable bonds is 8. The number of aliphatic hydroxyl groups is 2. The highest BCUT2D eigenvalue weighted by Crippen LogP contribution is 2.45. The first-order valence-corrected chi connectivity index (χ1v) is 14.4. The van der Waals surface area contributed by atoms with Crippen LogP contribution in [0, 0.1) is 12.7 Å². The van der Waals surface area contributed by atoms with E-state index in [1.165, 1.54) is 10.6 Å². The molecule has 1 aromatic carbocycles. The smallest absolute Gasteiger partial charge is 0.343 e. The number of nitrogens with one attached hydrogen (secondary N) is 1.